The quantitative estimate of drug-likeness (QED) is 0.684. The van der Waals surface area contributed by atoms with Crippen LogP contribution in [0.2, 0.25) is 0 Å². The smallest absolute Gasteiger partial charge is 0.377 e. The summed E-state index contributed by atoms with van der Waals surface area (Å²) in [5.41, 5.74) is -0.515. The van der Waals surface area contributed by atoms with Gasteiger partial charge in [0.2, 0.25) is 0 Å². The Labute approximate surface area is 67.0 Å². The minimum Gasteiger partial charge on any atom is -0.456 e. The van der Waals surface area contributed by atoms with E-state index in [9.17, 15) is 4.79 Å². The molecule has 62 valence electrons. The van der Waals surface area contributed by atoms with Gasteiger partial charge in [0.05, 0.1) is 0 Å². The molecule has 2 heterocycles. The molecule has 0 spiro atoms. The van der Waals surface area contributed by atoms with E-state index in [2.05, 4.69) is 10.1 Å². The van der Waals surface area contributed by atoms with Crippen LogP contribution in [0.3, 0.4) is 0 Å². The van der Waals surface area contributed by atoms with E-state index in [1.807, 2.05) is 0 Å². The molecule has 0 unspecified atom stereocenters. The lowest BCUT2D eigenvalue weighted by molar-refractivity contribution is 0.408. The number of hydrogen-bond donors (Lipinski definition) is 1. The first-order valence-corrected chi connectivity index (χ1v) is 3.38. The highest BCUT2D eigenvalue weighted by Gasteiger charge is 2.08. The number of nitrogens with zero attached hydrogens (tertiary/aromatic N) is 1. The van der Waals surface area contributed by atoms with Crippen LogP contribution in [0.1, 0.15) is 5.76 Å². The number of hydrogen-bond acceptors (Lipinski definition) is 4. The highest BCUT2D eigenvalue weighted by Crippen LogP contribution is 2.17. The Kier molecular flexibility index (Phi) is 1.36. The lowest BCUT2D eigenvalue weighted by atomic mass is 10.4. The van der Waals surface area contributed by atoms with Gasteiger partial charge in [-0.2, -0.15) is 5.16 Å². The molecule has 0 atom stereocenters. The molecule has 2 aromatic rings. The summed E-state index contributed by atoms with van der Waals surface area (Å²) in [5, 5.41) is 2.07. The van der Waals surface area contributed by atoms with Crippen molar-refractivity contribution in [2.24, 2.45) is 0 Å². The molecular formula is C7H6N2O3. The molecule has 0 fully saturated rings. The molecule has 0 bridgehead atoms. The van der Waals surface area contributed by atoms with Gasteiger partial charge in [0.15, 0.2) is 5.76 Å². The Morgan fingerprint density at radius 2 is 2.33 bits per heavy atom. The maximum absolute atomic E-state index is 10.6. The van der Waals surface area contributed by atoms with E-state index in [0.29, 0.717) is 5.76 Å². The third-order valence-corrected chi connectivity index (χ3v) is 1.39. The fourth-order valence-corrected chi connectivity index (χ4v) is 0.885. The van der Waals surface area contributed by atoms with Gasteiger partial charge < -0.3 is 8.94 Å². The third kappa shape index (κ3) is 1.05. The van der Waals surface area contributed by atoms with Crippen LogP contribution in [-0.2, 0) is 0 Å². The molecule has 5 heteroatoms. The first-order valence-electron chi connectivity index (χ1n) is 3.38. The number of rotatable bonds is 1. The molecule has 0 aliphatic rings. The van der Waals surface area contributed by atoms with Gasteiger partial charge in [0.25, 0.3) is 5.89 Å². The summed E-state index contributed by atoms with van der Waals surface area (Å²) in [6.45, 7) is 1.80. The minimum absolute atomic E-state index is 0.174. The Hall–Kier alpha value is -1.78. The second-order valence-corrected chi connectivity index (χ2v) is 2.34. The van der Waals surface area contributed by atoms with E-state index in [1.54, 1.807) is 19.1 Å². The molecular weight excluding hydrogens is 160 g/mol. The molecule has 0 amide bonds. The second-order valence-electron chi connectivity index (χ2n) is 2.34. The van der Waals surface area contributed by atoms with Crippen molar-refractivity contribution in [2.45, 2.75) is 6.92 Å². The predicted molar refractivity (Wildman–Crippen MR) is 39.6 cm³/mol. The highest BCUT2D eigenvalue weighted by molar-refractivity contribution is 5.43. The van der Waals surface area contributed by atoms with Gasteiger partial charge in [-0.15, -0.1) is 4.98 Å². The van der Waals surface area contributed by atoms with Crippen LogP contribution in [0.15, 0.2) is 25.9 Å². The normalized spacial score (nSPS) is 10.4. The van der Waals surface area contributed by atoms with Crippen LogP contribution in [0.5, 0.6) is 0 Å². The zero-order valence-electron chi connectivity index (χ0n) is 6.33. The lowest BCUT2D eigenvalue weighted by Crippen LogP contribution is -1.99. The van der Waals surface area contributed by atoms with E-state index in [4.69, 9.17) is 8.94 Å². The van der Waals surface area contributed by atoms with Crippen molar-refractivity contribution in [3.63, 3.8) is 0 Å². The van der Waals surface area contributed by atoms with E-state index in [1.165, 1.54) is 0 Å². The van der Waals surface area contributed by atoms with Crippen molar-refractivity contribution in [3.05, 3.63) is 28.4 Å². The number of aromatic nitrogens is 2. The Bertz CT molecular complexity index is 437. The van der Waals surface area contributed by atoms with Crippen LogP contribution in [0, 0.1) is 6.92 Å². The lowest BCUT2D eigenvalue weighted by Gasteiger charge is -1.83. The molecule has 0 aliphatic heterocycles. The van der Waals surface area contributed by atoms with E-state index in [-0.39, 0.29) is 5.89 Å². The molecule has 12 heavy (non-hydrogen) atoms. The summed E-state index contributed by atoms with van der Waals surface area (Å²) >= 11 is 0. The standard InChI is InChI=1S/C7H6N2O3/c1-4-2-3-5(11-4)6-8-7(10)9-12-6/h2-3H,1H3,(H,9,10). The third-order valence-electron chi connectivity index (χ3n) is 1.39. The second kappa shape index (κ2) is 2.37. The average molecular weight is 166 g/mol. The highest BCUT2D eigenvalue weighted by atomic mass is 16.5. The van der Waals surface area contributed by atoms with Gasteiger partial charge in [-0.05, 0) is 19.1 Å². The Balaban J connectivity index is 2.50. The molecule has 2 rings (SSSR count). The SMILES string of the molecule is Cc1ccc(-c2nc(=O)[nH]o2)o1. The van der Waals surface area contributed by atoms with E-state index < -0.39 is 5.69 Å². The van der Waals surface area contributed by atoms with Crippen molar-refractivity contribution in [1.29, 1.82) is 0 Å². The molecule has 0 saturated carbocycles. The van der Waals surface area contributed by atoms with Crippen molar-refractivity contribution in [1.82, 2.24) is 10.1 Å². The van der Waals surface area contributed by atoms with Gasteiger partial charge in [-0.25, -0.2) is 4.79 Å². The summed E-state index contributed by atoms with van der Waals surface area (Å²) in [6.07, 6.45) is 0. The monoisotopic (exact) mass is 166 g/mol. The molecule has 1 N–H and O–H groups in total. The van der Waals surface area contributed by atoms with Crippen LogP contribution >= 0.6 is 0 Å². The van der Waals surface area contributed by atoms with Crippen molar-refractivity contribution in [3.8, 4) is 11.7 Å². The zero-order chi connectivity index (χ0) is 8.55. The first kappa shape index (κ1) is 6.90. The zero-order valence-corrected chi connectivity index (χ0v) is 6.33. The summed E-state index contributed by atoms with van der Waals surface area (Å²) in [5.74, 6) is 1.37. The topological polar surface area (TPSA) is 72.0 Å². The fraction of sp³-hybridized carbons (Fsp3) is 0.143. The van der Waals surface area contributed by atoms with Gasteiger partial charge in [0, 0.05) is 0 Å². The summed E-state index contributed by atoms with van der Waals surface area (Å²) < 4.78 is 9.89. The number of nitrogens with one attached hydrogen (secondary N) is 1. The van der Waals surface area contributed by atoms with Crippen LogP contribution < -0.4 is 5.69 Å². The summed E-state index contributed by atoms with van der Waals surface area (Å²) in [7, 11) is 0. The van der Waals surface area contributed by atoms with E-state index in [0.717, 1.165) is 5.76 Å². The van der Waals surface area contributed by atoms with Crippen molar-refractivity contribution < 1.29 is 8.94 Å². The Morgan fingerprint density at radius 3 is 2.83 bits per heavy atom. The van der Waals surface area contributed by atoms with Gasteiger partial charge in [-0.3, -0.25) is 0 Å². The largest absolute Gasteiger partial charge is 0.456 e. The average Bonchev–Trinajstić information content (AvgIpc) is 2.58. The molecule has 0 aromatic carbocycles. The maximum atomic E-state index is 10.6. The van der Waals surface area contributed by atoms with Crippen molar-refractivity contribution >= 4 is 0 Å². The predicted octanol–water partition coefficient (Wildman–Crippen LogP) is 0.931. The Morgan fingerprint density at radius 1 is 1.50 bits per heavy atom. The first-order chi connectivity index (χ1) is 5.75. The van der Waals surface area contributed by atoms with Crippen LogP contribution in [0.25, 0.3) is 11.7 Å². The van der Waals surface area contributed by atoms with Crippen LogP contribution in [0.4, 0.5) is 0 Å². The van der Waals surface area contributed by atoms with Gasteiger partial charge >= 0.3 is 5.69 Å². The number of H-pyrrole nitrogens is 1. The van der Waals surface area contributed by atoms with Gasteiger partial charge in [0.1, 0.15) is 5.76 Å². The number of furan rings is 1. The number of aromatic amines is 1. The molecule has 5 nitrogen and oxygen atoms in total. The molecule has 0 aliphatic carbocycles. The van der Waals surface area contributed by atoms with Gasteiger partial charge in [-0.1, -0.05) is 0 Å². The minimum atomic E-state index is -0.515. The van der Waals surface area contributed by atoms with E-state index >= 15 is 0 Å². The number of aryl methyl sites for hydroxylation is 1. The molecule has 0 saturated heterocycles. The van der Waals surface area contributed by atoms with Crippen molar-refractivity contribution in [2.75, 3.05) is 0 Å². The summed E-state index contributed by atoms with van der Waals surface area (Å²) in [4.78, 5) is 14.1. The molecule has 0 radical (unpaired) electrons. The molecule has 2 aromatic heterocycles. The summed E-state index contributed by atoms with van der Waals surface area (Å²) in [6, 6.07) is 3.46. The fourth-order valence-electron chi connectivity index (χ4n) is 0.885. The van der Waals surface area contributed by atoms with Crippen LogP contribution in [-0.4, -0.2) is 10.1 Å². The maximum Gasteiger partial charge on any atom is 0.377 e.